The standard InChI is InChI=1S/C9H7NO2.C3H4N2.ClH/c11-9(12)10-6-5-7-3-1-2-4-8(7)10;1-2-4-5-3-1;/h1-6H,(H,11,12);1-3H,(H,4,5);1H. The van der Waals surface area contributed by atoms with Crippen molar-refractivity contribution in [2.24, 2.45) is 0 Å². The summed E-state index contributed by atoms with van der Waals surface area (Å²) in [6.07, 6.45) is 4.06. The molecule has 0 aliphatic carbocycles. The van der Waals surface area contributed by atoms with Gasteiger partial charge in [-0.05, 0) is 18.2 Å². The van der Waals surface area contributed by atoms with Crippen LogP contribution in [0.3, 0.4) is 0 Å². The number of carbonyl (C=O) groups is 1. The molecule has 5 nitrogen and oxygen atoms in total. The zero-order chi connectivity index (χ0) is 12.1. The minimum absolute atomic E-state index is 0. The second-order valence-corrected chi connectivity index (χ2v) is 3.29. The minimum Gasteiger partial charge on any atom is -0.464 e. The fraction of sp³-hybridized carbons (Fsp3) is 0. The third-order valence-corrected chi connectivity index (χ3v) is 2.21. The highest BCUT2D eigenvalue weighted by Crippen LogP contribution is 2.14. The summed E-state index contributed by atoms with van der Waals surface area (Å²) in [6, 6.07) is 11.0. The number of aromatic amines is 1. The van der Waals surface area contributed by atoms with Gasteiger partial charge in [0.05, 0.1) is 5.52 Å². The number of nitrogens with zero attached hydrogens (tertiary/aromatic N) is 2. The van der Waals surface area contributed by atoms with E-state index >= 15 is 0 Å². The summed E-state index contributed by atoms with van der Waals surface area (Å²) in [6.45, 7) is 0. The Morgan fingerprint density at radius 2 is 2.00 bits per heavy atom. The summed E-state index contributed by atoms with van der Waals surface area (Å²) in [5, 5.41) is 15.9. The summed E-state index contributed by atoms with van der Waals surface area (Å²) >= 11 is 0. The van der Waals surface area contributed by atoms with E-state index in [0.717, 1.165) is 10.9 Å². The SMILES string of the molecule is Cl.O=C(O)n1ccc2ccccc21.c1cn[nH]c1. The molecule has 2 N–H and O–H groups in total. The van der Waals surface area contributed by atoms with Crippen LogP contribution in [-0.4, -0.2) is 26.0 Å². The van der Waals surface area contributed by atoms with Crippen molar-refractivity contribution in [2.75, 3.05) is 0 Å². The lowest BCUT2D eigenvalue weighted by Crippen LogP contribution is -2.05. The molecule has 94 valence electrons. The molecule has 0 amide bonds. The van der Waals surface area contributed by atoms with Crippen LogP contribution in [-0.2, 0) is 0 Å². The third-order valence-electron chi connectivity index (χ3n) is 2.21. The highest BCUT2D eigenvalue weighted by atomic mass is 35.5. The molecule has 0 radical (unpaired) electrons. The van der Waals surface area contributed by atoms with E-state index in [2.05, 4.69) is 10.2 Å². The first-order chi connectivity index (χ1) is 8.29. The smallest absolute Gasteiger partial charge is 0.415 e. The maximum Gasteiger partial charge on any atom is 0.415 e. The fourth-order valence-electron chi connectivity index (χ4n) is 1.46. The largest absolute Gasteiger partial charge is 0.464 e. The summed E-state index contributed by atoms with van der Waals surface area (Å²) in [4.78, 5) is 10.6. The zero-order valence-corrected chi connectivity index (χ0v) is 10.2. The number of H-pyrrole nitrogens is 1. The molecule has 0 fully saturated rings. The molecule has 0 atom stereocenters. The van der Waals surface area contributed by atoms with Crippen molar-refractivity contribution in [1.29, 1.82) is 0 Å². The Morgan fingerprint density at radius 3 is 2.56 bits per heavy atom. The van der Waals surface area contributed by atoms with Gasteiger partial charge in [0.15, 0.2) is 0 Å². The number of nitrogens with one attached hydrogen (secondary N) is 1. The number of hydrogen-bond donors (Lipinski definition) is 2. The lowest BCUT2D eigenvalue weighted by Gasteiger charge is -1.95. The van der Waals surface area contributed by atoms with E-state index < -0.39 is 6.09 Å². The average Bonchev–Trinajstić information content (AvgIpc) is 3.02. The van der Waals surface area contributed by atoms with E-state index in [-0.39, 0.29) is 12.4 Å². The maximum atomic E-state index is 10.6. The quantitative estimate of drug-likeness (QED) is 0.656. The van der Waals surface area contributed by atoms with E-state index in [0.29, 0.717) is 0 Å². The minimum atomic E-state index is -0.948. The van der Waals surface area contributed by atoms with Gasteiger partial charge >= 0.3 is 6.09 Å². The average molecular weight is 266 g/mol. The van der Waals surface area contributed by atoms with Gasteiger partial charge < -0.3 is 5.11 Å². The predicted molar refractivity (Wildman–Crippen MR) is 71.2 cm³/mol. The van der Waals surface area contributed by atoms with Crippen LogP contribution in [0.15, 0.2) is 55.0 Å². The van der Waals surface area contributed by atoms with Crippen molar-refractivity contribution >= 4 is 29.4 Å². The number of rotatable bonds is 0. The van der Waals surface area contributed by atoms with Crippen LogP contribution >= 0.6 is 12.4 Å². The van der Waals surface area contributed by atoms with Gasteiger partial charge in [0.25, 0.3) is 0 Å². The van der Waals surface area contributed by atoms with Crippen molar-refractivity contribution in [3.8, 4) is 0 Å². The second kappa shape index (κ2) is 6.46. The monoisotopic (exact) mass is 265 g/mol. The molecule has 0 saturated heterocycles. The molecule has 0 saturated carbocycles. The van der Waals surface area contributed by atoms with Gasteiger partial charge in [-0.2, -0.15) is 5.10 Å². The van der Waals surface area contributed by atoms with Crippen molar-refractivity contribution in [1.82, 2.24) is 14.8 Å². The number of hydrogen-bond acceptors (Lipinski definition) is 2. The first-order valence-corrected chi connectivity index (χ1v) is 5.02. The van der Waals surface area contributed by atoms with Crippen LogP contribution in [0.25, 0.3) is 10.9 Å². The van der Waals surface area contributed by atoms with Crippen molar-refractivity contribution in [3.63, 3.8) is 0 Å². The highest BCUT2D eigenvalue weighted by molar-refractivity contribution is 5.88. The van der Waals surface area contributed by atoms with E-state index in [1.165, 1.54) is 4.57 Å². The van der Waals surface area contributed by atoms with Crippen molar-refractivity contribution < 1.29 is 9.90 Å². The Morgan fingerprint density at radius 1 is 1.22 bits per heavy atom. The lowest BCUT2D eigenvalue weighted by molar-refractivity contribution is 0.197. The van der Waals surface area contributed by atoms with Crippen molar-refractivity contribution in [3.05, 3.63) is 55.0 Å². The highest BCUT2D eigenvalue weighted by Gasteiger charge is 2.04. The predicted octanol–water partition coefficient (Wildman–Crippen LogP) is 3.00. The zero-order valence-electron chi connectivity index (χ0n) is 9.35. The van der Waals surface area contributed by atoms with Crippen LogP contribution in [0.4, 0.5) is 4.79 Å². The van der Waals surface area contributed by atoms with Gasteiger partial charge in [-0.3, -0.25) is 9.67 Å². The van der Waals surface area contributed by atoms with Crippen LogP contribution in [0.2, 0.25) is 0 Å². The molecule has 0 unspecified atom stereocenters. The molecular weight excluding hydrogens is 254 g/mol. The molecule has 6 heteroatoms. The summed E-state index contributed by atoms with van der Waals surface area (Å²) in [5.74, 6) is 0. The van der Waals surface area contributed by atoms with E-state index in [1.807, 2.05) is 24.3 Å². The molecule has 18 heavy (non-hydrogen) atoms. The fourth-order valence-corrected chi connectivity index (χ4v) is 1.46. The van der Waals surface area contributed by atoms with Gasteiger partial charge in [0.2, 0.25) is 0 Å². The number of fused-ring (bicyclic) bond motifs is 1. The number of halogens is 1. The van der Waals surface area contributed by atoms with Crippen LogP contribution in [0, 0.1) is 0 Å². The molecule has 0 aliphatic rings. The Bertz CT molecular complexity index is 587. The van der Waals surface area contributed by atoms with Gasteiger partial charge in [0, 0.05) is 24.0 Å². The van der Waals surface area contributed by atoms with Crippen LogP contribution in [0.1, 0.15) is 0 Å². The van der Waals surface area contributed by atoms with E-state index in [4.69, 9.17) is 5.11 Å². The van der Waals surface area contributed by atoms with Gasteiger partial charge in [-0.15, -0.1) is 12.4 Å². The number of para-hydroxylation sites is 1. The first kappa shape index (κ1) is 13.8. The first-order valence-electron chi connectivity index (χ1n) is 5.02. The van der Waals surface area contributed by atoms with Crippen LogP contribution in [0.5, 0.6) is 0 Å². The topological polar surface area (TPSA) is 70.9 Å². The Labute approximate surface area is 109 Å². The third kappa shape index (κ3) is 3.11. The summed E-state index contributed by atoms with van der Waals surface area (Å²) < 4.78 is 1.20. The van der Waals surface area contributed by atoms with Gasteiger partial charge in [-0.1, -0.05) is 18.2 Å². The molecule has 0 bridgehead atoms. The Balaban J connectivity index is 0.000000230. The van der Waals surface area contributed by atoms with E-state index in [1.54, 1.807) is 30.7 Å². The number of carboxylic acid groups (broad SMARTS) is 1. The Kier molecular flexibility index (Phi) is 4.95. The molecular formula is C12H12ClN3O2. The van der Waals surface area contributed by atoms with Crippen molar-refractivity contribution in [2.45, 2.75) is 0 Å². The maximum absolute atomic E-state index is 10.6. The van der Waals surface area contributed by atoms with Gasteiger partial charge in [0.1, 0.15) is 0 Å². The molecule has 0 aliphatic heterocycles. The van der Waals surface area contributed by atoms with E-state index in [9.17, 15) is 4.79 Å². The molecule has 2 heterocycles. The summed E-state index contributed by atoms with van der Waals surface area (Å²) in [5.41, 5.74) is 0.727. The number of aromatic nitrogens is 3. The normalized spacial score (nSPS) is 9.11. The molecule has 2 aromatic heterocycles. The van der Waals surface area contributed by atoms with Gasteiger partial charge in [-0.25, -0.2) is 4.79 Å². The van der Waals surface area contributed by atoms with Crippen LogP contribution < -0.4 is 0 Å². The molecule has 1 aromatic carbocycles. The molecule has 0 spiro atoms. The Hall–Kier alpha value is -2.27. The molecule has 3 aromatic rings. The summed E-state index contributed by atoms with van der Waals surface area (Å²) in [7, 11) is 0. The number of benzene rings is 1. The second-order valence-electron chi connectivity index (χ2n) is 3.29. The molecule has 3 rings (SSSR count). The lowest BCUT2D eigenvalue weighted by atomic mass is 10.2.